The summed E-state index contributed by atoms with van der Waals surface area (Å²) in [7, 11) is 0. The van der Waals surface area contributed by atoms with Crippen molar-refractivity contribution in [2.45, 2.75) is 26.4 Å². The van der Waals surface area contributed by atoms with E-state index < -0.39 is 5.60 Å². The summed E-state index contributed by atoms with van der Waals surface area (Å²) in [6.07, 6.45) is -0.355. The summed E-state index contributed by atoms with van der Waals surface area (Å²) < 4.78 is 8.16. The molecule has 3 nitrogen and oxygen atoms in total. The van der Waals surface area contributed by atoms with Gasteiger partial charge in [0, 0.05) is 15.2 Å². The second kappa shape index (κ2) is 4.88. The van der Waals surface area contributed by atoms with E-state index in [9.17, 15) is 4.79 Å². The van der Waals surface area contributed by atoms with Crippen LogP contribution in [0.3, 0.4) is 0 Å². The molecule has 1 heterocycles. The van der Waals surface area contributed by atoms with Crippen LogP contribution in [0.25, 0.3) is 21.8 Å². The zero-order valence-electron chi connectivity index (χ0n) is 12.2. The molecule has 0 fully saturated rings. The highest BCUT2D eigenvalue weighted by Crippen LogP contribution is 2.34. The topological polar surface area (TPSA) is 31.2 Å². The Morgan fingerprint density at radius 2 is 1.71 bits per heavy atom. The Kier molecular flexibility index (Phi) is 3.29. The van der Waals surface area contributed by atoms with Crippen LogP contribution in [0.4, 0.5) is 4.79 Å². The van der Waals surface area contributed by atoms with E-state index in [1.165, 1.54) is 0 Å². The molecule has 4 heteroatoms. The summed E-state index contributed by atoms with van der Waals surface area (Å²) in [6, 6.07) is 13.7. The predicted molar refractivity (Wildman–Crippen MR) is 88.8 cm³/mol. The number of carbonyl (C=O) groups excluding carboxylic acids is 1. The van der Waals surface area contributed by atoms with Crippen LogP contribution in [-0.2, 0) is 4.74 Å². The molecule has 0 bridgehead atoms. The molecule has 0 atom stereocenters. The second-order valence-electron chi connectivity index (χ2n) is 5.97. The summed E-state index contributed by atoms with van der Waals surface area (Å²) in [5, 5.41) is 2.06. The first-order chi connectivity index (χ1) is 9.88. The standard InChI is InChI=1S/C17H16BrNO2/c1-17(2,3)21-16(20)19-13-9-5-4-7-11(13)15-12(18)8-6-10-14(15)19/h4-10H,1-3H3. The van der Waals surface area contributed by atoms with Gasteiger partial charge in [-0.3, -0.25) is 0 Å². The molecule has 0 N–H and O–H groups in total. The molecule has 0 aliphatic heterocycles. The highest BCUT2D eigenvalue weighted by Gasteiger charge is 2.22. The van der Waals surface area contributed by atoms with Crippen molar-refractivity contribution in [2.75, 3.05) is 0 Å². The number of carbonyl (C=O) groups is 1. The highest BCUT2D eigenvalue weighted by atomic mass is 79.9. The number of rotatable bonds is 0. The summed E-state index contributed by atoms with van der Waals surface area (Å²) in [5.41, 5.74) is 1.18. The van der Waals surface area contributed by atoms with E-state index in [4.69, 9.17) is 4.74 Å². The molecule has 0 spiro atoms. The zero-order valence-corrected chi connectivity index (χ0v) is 13.8. The summed E-state index contributed by atoms with van der Waals surface area (Å²) in [6.45, 7) is 5.61. The molecule has 0 unspecified atom stereocenters. The van der Waals surface area contributed by atoms with E-state index in [2.05, 4.69) is 15.9 Å². The maximum absolute atomic E-state index is 12.6. The Balaban J connectivity index is 2.34. The number of benzene rings is 2. The van der Waals surface area contributed by atoms with Crippen molar-refractivity contribution in [3.63, 3.8) is 0 Å². The molecule has 0 saturated carbocycles. The van der Waals surface area contributed by atoms with Gasteiger partial charge in [-0.2, -0.15) is 0 Å². The third kappa shape index (κ3) is 2.44. The molecule has 3 aromatic rings. The average Bonchev–Trinajstić information content (AvgIpc) is 2.72. The van der Waals surface area contributed by atoms with Crippen molar-refractivity contribution in [3.05, 3.63) is 46.9 Å². The second-order valence-corrected chi connectivity index (χ2v) is 6.82. The van der Waals surface area contributed by atoms with Crippen LogP contribution >= 0.6 is 15.9 Å². The molecule has 108 valence electrons. The lowest BCUT2D eigenvalue weighted by Gasteiger charge is -2.20. The van der Waals surface area contributed by atoms with Crippen LogP contribution in [-0.4, -0.2) is 16.3 Å². The summed E-state index contributed by atoms with van der Waals surface area (Å²) in [5.74, 6) is 0. The number of hydrogen-bond donors (Lipinski definition) is 0. The smallest absolute Gasteiger partial charge is 0.419 e. The van der Waals surface area contributed by atoms with Gasteiger partial charge in [-0.05, 0) is 39.0 Å². The quantitative estimate of drug-likeness (QED) is 0.550. The maximum Gasteiger partial charge on any atom is 0.419 e. The molecule has 0 amide bonds. The van der Waals surface area contributed by atoms with Gasteiger partial charge < -0.3 is 4.74 Å². The first kappa shape index (κ1) is 14.1. The van der Waals surface area contributed by atoms with Gasteiger partial charge in [0.15, 0.2) is 0 Å². The van der Waals surface area contributed by atoms with E-state index in [0.29, 0.717) is 0 Å². The molecular weight excluding hydrogens is 330 g/mol. The predicted octanol–water partition coefficient (Wildman–Crippen LogP) is 5.34. The van der Waals surface area contributed by atoms with Crippen LogP contribution in [0, 0.1) is 0 Å². The van der Waals surface area contributed by atoms with Crippen molar-refractivity contribution < 1.29 is 9.53 Å². The van der Waals surface area contributed by atoms with E-state index >= 15 is 0 Å². The lowest BCUT2D eigenvalue weighted by molar-refractivity contribution is 0.0551. The monoisotopic (exact) mass is 345 g/mol. The Bertz CT molecular complexity index is 843. The normalized spacial score (nSPS) is 12.0. The molecule has 1 aromatic heterocycles. The minimum atomic E-state index is -0.527. The molecule has 0 aliphatic carbocycles. The third-order valence-corrected chi connectivity index (χ3v) is 3.88. The SMILES string of the molecule is CC(C)(C)OC(=O)n1c2ccccc2c2c(Br)cccc21. The number of para-hydroxylation sites is 1. The van der Waals surface area contributed by atoms with Gasteiger partial charge in [-0.1, -0.05) is 40.2 Å². The largest absolute Gasteiger partial charge is 0.443 e. The number of nitrogens with zero attached hydrogens (tertiary/aromatic N) is 1. The summed E-state index contributed by atoms with van der Waals surface area (Å²) in [4.78, 5) is 12.6. The minimum Gasteiger partial charge on any atom is -0.443 e. The van der Waals surface area contributed by atoms with E-state index in [1.54, 1.807) is 4.57 Å². The molecule has 0 saturated heterocycles. The van der Waals surface area contributed by atoms with Crippen molar-refractivity contribution >= 4 is 43.8 Å². The zero-order chi connectivity index (χ0) is 15.2. The first-order valence-electron chi connectivity index (χ1n) is 6.79. The van der Waals surface area contributed by atoms with Gasteiger partial charge in [0.2, 0.25) is 0 Å². The average molecular weight is 346 g/mol. The minimum absolute atomic E-state index is 0.355. The van der Waals surface area contributed by atoms with Crippen LogP contribution in [0.1, 0.15) is 20.8 Å². The first-order valence-corrected chi connectivity index (χ1v) is 7.59. The number of hydrogen-bond acceptors (Lipinski definition) is 2. The number of aromatic nitrogens is 1. The molecule has 3 rings (SSSR count). The lowest BCUT2D eigenvalue weighted by Crippen LogP contribution is -2.27. The fraction of sp³-hybridized carbons (Fsp3) is 0.235. The Hall–Kier alpha value is -1.81. The number of ether oxygens (including phenoxy) is 1. The van der Waals surface area contributed by atoms with E-state index in [0.717, 1.165) is 26.3 Å². The van der Waals surface area contributed by atoms with Crippen LogP contribution < -0.4 is 0 Å². The Morgan fingerprint density at radius 3 is 2.43 bits per heavy atom. The summed E-state index contributed by atoms with van der Waals surface area (Å²) >= 11 is 3.58. The number of fused-ring (bicyclic) bond motifs is 3. The Labute approximate surface area is 131 Å². The molecule has 0 radical (unpaired) electrons. The van der Waals surface area contributed by atoms with Gasteiger partial charge >= 0.3 is 6.09 Å². The van der Waals surface area contributed by atoms with Gasteiger partial charge in [-0.15, -0.1) is 0 Å². The molecular formula is C17H16BrNO2. The molecule has 21 heavy (non-hydrogen) atoms. The van der Waals surface area contributed by atoms with Crippen molar-refractivity contribution in [1.29, 1.82) is 0 Å². The molecule has 2 aromatic carbocycles. The van der Waals surface area contributed by atoms with Crippen molar-refractivity contribution in [1.82, 2.24) is 4.57 Å². The molecule has 0 aliphatic rings. The van der Waals surface area contributed by atoms with Crippen LogP contribution in [0.5, 0.6) is 0 Å². The van der Waals surface area contributed by atoms with Gasteiger partial charge in [0.1, 0.15) is 5.60 Å². The van der Waals surface area contributed by atoms with Gasteiger partial charge in [0.25, 0.3) is 0 Å². The fourth-order valence-electron chi connectivity index (χ4n) is 2.48. The van der Waals surface area contributed by atoms with Crippen LogP contribution in [0.2, 0.25) is 0 Å². The van der Waals surface area contributed by atoms with Gasteiger partial charge in [0.05, 0.1) is 11.0 Å². The van der Waals surface area contributed by atoms with Crippen molar-refractivity contribution in [2.24, 2.45) is 0 Å². The maximum atomic E-state index is 12.6. The highest BCUT2D eigenvalue weighted by molar-refractivity contribution is 9.10. The fourth-order valence-corrected chi connectivity index (χ4v) is 3.05. The Morgan fingerprint density at radius 1 is 1.05 bits per heavy atom. The number of halogens is 1. The van der Waals surface area contributed by atoms with Gasteiger partial charge in [-0.25, -0.2) is 9.36 Å². The lowest BCUT2D eigenvalue weighted by atomic mass is 10.2. The van der Waals surface area contributed by atoms with E-state index in [-0.39, 0.29) is 6.09 Å². The van der Waals surface area contributed by atoms with Crippen LogP contribution in [0.15, 0.2) is 46.9 Å². The van der Waals surface area contributed by atoms with E-state index in [1.807, 2.05) is 63.2 Å². The third-order valence-electron chi connectivity index (χ3n) is 3.22. The van der Waals surface area contributed by atoms with Crippen molar-refractivity contribution in [3.8, 4) is 0 Å².